The van der Waals surface area contributed by atoms with Crippen LogP contribution in [0, 0.1) is 0 Å². The van der Waals surface area contributed by atoms with Crippen LogP contribution in [-0.4, -0.2) is 19.4 Å². The number of hydrogen-bond donors (Lipinski definition) is 0. The van der Waals surface area contributed by atoms with Crippen LogP contribution in [-0.2, 0) is 4.74 Å². The van der Waals surface area contributed by atoms with E-state index in [0.717, 1.165) is 13.0 Å². The van der Waals surface area contributed by atoms with Gasteiger partial charge in [-0.25, -0.2) is 0 Å². The van der Waals surface area contributed by atoms with Crippen molar-refractivity contribution in [2.75, 3.05) is 6.61 Å². The average Bonchev–Trinajstić information content (AvgIpc) is 2.48. The Hall–Kier alpha value is -0.235. The molecule has 1 fully saturated rings. The molecule has 1 nitrogen and oxygen atoms in total. The first-order chi connectivity index (χ1) is 4.29. The largest absolute Gasteiger partial charge is 0.373 e. The van der Waals surface area contributed by atoms with Crippen molar-refractivity contribution in [2.45, 2.75) is 26.2 Å². The zero-order chi connectivity index (χ0) is 6.69. The molecule has 1 saturated heterocycles. The Bertz CT molecular complexity index is 105. The third-order valence-corrected chi connectivity index (χ3v) is 1.32. The molecule has 1 rings (SSSR count). The van der Waals surface area contributed by atoms with Gasteiger partial charge in [-0.15, -0.1) is 5.98 Å². The summed E-state index contributed by atoms with van der Waals surface area (Å²) in [4.78, 5) is 0. The summed E-state index contributed by atoms with van der Waals surface area (Å²) in [5.74, 6) is 2.22. The molecule has 0 spiro atoms. The van der Waals surface area contributed by atoms with Crippen LogP contribution in [0.1, 0.15) is 6.42 Å². The van der Waals surface area contributed by atoms with Crippen LogP contribution in [0.3, 0.4) is 0 Å². The molecule has 1 aliphatic heterocycles. The molecule has 0 aromatic rings. The normalized spacial score (nSPS) is 24.9. The van der Waals surface area contributed by atoms with Crippen molar-refractivity contribution in [3.05, 3.63) is 12.1 Å². The van der Waals surface area contributed by atoms with E-state index in [4.69, 9.17) is 4.74 Å². The monoisotopic (exact) mass is 124 g/mol. The summed E-state index contributed by atoms with van der Waals surface area (Å²) < 4.78 is 5.04. The van der Waals surface area contributed by atoms with E-state index < -0.39 is 0 Å². The van der Waals surface area contributed by atoms with Crippen molar-refractivity contribution in [3.8, 4) is 0 Å². The summed E-state index contributed by atoms with van der Waals surface area (Å²) in [6, 6.07) is 0. The molecule has 0 bridgehead atoms. The maximum atomic E-state index is 5.04. The van der Waals surface area contributed by atoms with Gasteiger partial charge < -0.3 is 4.74 Å². The minimum Gasteiger partial charge on any atom is -0.373 e. The van der Waals surface area contributed by atoms with Gasteiger partial charge in [-0.1, -0.05) is 19.7 Å². The molecular weight excluding hydrogens is 111 g/mol. The Balaban J connectivity index is 2.01. The lowest BCUT2D eigenvalue weighted by molar-refractivity contribution is 0.410. The second-order valence-corrected chi connectivity index (χ2v) is 2.86. The van der Waals surface area contributed by atoms with E-state index in [9.17, 15) is 0 Å². The Labute approximate surface area is 57.2 Å². The van der Waals surface area contributed by atoms with Crippen LogP contribution < -0.4 is 0 Å². The molecular formula is C7H13BO. The third-order valence-electron chi connectivity index (χ3n) is 1.32. The number of epoxide rings is 1. The summed E-state index contributed by atoms with van der Waals surface area (Å²) in [6.07, 6.45) is 3.88. The molecule has 0 aromatic heterocycles. The lowest BCUT2D eigenvalue weighted by Crippen LogP contribution is -1.92. The summed E-state index contributed by atoms with van der Waals surface area (Å²) in [7, 11) is 0. The van der Waals surface area contributed by atoms with Gasteiger partial charge in [0.15, 0.2) is 6.71 Å². The Kier molecular flexibility index (Phi) is 2.34. The summed E-state index contributed by atoms with van der Waals surface area (Å²) >= 11 is 0. The van der Waals surface area contributed by atoms with Crippen LogP contribution in [0.5, 0.6) is 0 Å². The number of ether oxygens (including phenoxy) is 1. The summed E-state index contributed by atoms with van der Waals surface area (Å²) in [5, 5.41) is 0. The molecule has 0 N–H and O–H groups in total. The lowest BCUT2D eigenvalue weighted by atomic mass is 9.55. The molecule has 0 saturated carbocycles. The highest BCUT2D eigenvalue weighted by molar-refractivity contribution is 6.61. The van der Waals surface area contributed by atoms with E-state index in [0.29, 0.717) is 12.8 Å². The summed E-state index contributed by atoms with van der Waals surface area (Å²) in [5.41, 5.74) is 0. The van der Waals surface area contributed by atoms with E-state index in [-0.39, 0.29) is 0 Å². The van der Waals surface area contributed by atoms with Gasteiger partial charge in [0, 0.05) is 0 Å². The zero-order valence-corrected chi connectivity index (χ0v) is 6.13. The highest BCUT2D eigenvalue weighted by atomic mass is 16.6. The molecule has 0 amide bonds. The van der Waals surface area contributed by atoms with Crippen molar-refractivity contribution in [1.82, 2.24) is 0 Å². The average molecular weight is 124 g/mol. The number of rotatable bonds is 3. The second-order valence-electron chi connectivity index (χ2n) is 2.86. The van der Waals surface area contributed by atoms with E-state index >= 15 is 0 Å². The zero-order valence-electron chi connectivity index (χ0n) is 6.13. The van der Waals surface area contributed by atoms with Gasteiger partial charge in [-0.3, -0.25) is 0 Å². The van der Waals surface area contributed by atoms with Crippen molar-refractivity contribution in [1.29, 1.82) is 0 Å². The minimum absolute atomic E-state index is 0.556. The molecule has 1 aliphatic rings. The Morgan fingerprint density at radius 3 is 2.78 bits per heavy atom. The Morgan fingerprint density at radius 2 is 2.33 bits per heavy atom. The molecule has 0 radical (unpaired) electrons. The van der Waals surface area contributed by atoms with Gasteiger partial charge in [0.2, 0.25) is 0 Å². The topological polar surface area (TPSA) is 12.5 Å². The fourth-order valence-corrected chi connectivity index (χ4v) is 0.707. The predicted octanol–water partition coefficient (Wildman–Crippen LogP) is 1.63. The quantitative estimate of drug-likeness (QED) is 0.411. The molecule has 1 heterocycles. The van der Waals surface area contributed by atoms with Crippen LogP contribution in [0.2, 0.25) is 13.6 Å². The molecule has 1 unspecified atom stereocenters. The van der Waals surface area contributed by atoms with Gasteiger partial charge in [-0.2, -0.15) is 0 Å². The smallest absolute Gasteiger partial charge is 0.159 e. The molecule has 0 aliphatic carbocycles. The Morgan fingerprint density at radius 1 is 1.67 bits per heavy atom. The maximum absolute atomic E-state index is 5.04. The van der Waals surface area contributed by atoms with Crippen molar-refractivity contribution < 1.29 is 4.74 Å². The van der Waals surface area contributed by atoms with Gasteiger partial charge in [0.1, 0.15) is 0 Å². The standard InChI is InChI=1S/C7H13BO/c1-8(2)5-3-4-7-6-9-7/h3,5,7H,4,6H2,1-2H3. The van der Waals surface area contributed by atoms with Gasteiger partial charge in [-0.05, 0) is 6.42 Å². The lowest BCUT2D eigenvalue weighted by Gasteiger charge is -1.86. The van der Waals surface area contributed by atoms with Crippen molar-refractivity contribution in [2.24, 2.45) is 0 Å². The first-order valence-electron chi connectivity index (χ1n) is 3.57. The van der Waals surface area contributed by atoms with E-state index in [2.05, 4.69) is 25.7 Å². The molecule has 0 aromatic carbocycles. The van der Waals surface area contributed by atoms with Crippen LogP contribution in [0.4, 0.5) is 0 Å². The third kappa shape index (κ3) is 3.36. The molecule has 1 atom stereocenters. The van der Waals surface area contributed by atoms with Crippen molar-refractivity contribution >= 4 is 6.71 Å². The predicted molar refractivity (Wildman–Crippen MR) is 41.0 cm³/mol. The van der Waals surface area contributed by atoms with Crippen LogP contribution in [0.25, 0.3) is 0 Å². The molecule has 2 heteroatoms. The van der Waals surface area contributed by atoms with Crippen LogP contribution in [0.15, 0.2) is 12.1 Å². The maximum Gasteiger partial charge on any atom is 0.159 e. The van der Waals surface area contributed by atoms with Crippen molar-refractivity contribution in [3.63, 3.8) is 0 Å². The minimum atomic E-state index is 0.556. The number of hydrogen-bond acceptors (Lipinski definition) is 1. The highest BCUT2D eigenvalue weighted by Crippen LogP contribution is 2.13. The first kappa shape index (κ1) is 6.88. The molecule has 9 heavy (non-hydrogen) atoms. The summed E-state index contributed by atoms with van der Waals surface area (Å²) in [6.45, 7) is 6.03. The molecule has 50 valence electrons. The SMILES string of the molecule is CB(C)C=CCC1CO1. The fraction of sp³-hybridized carbons (Fsp3) is 0.714. The first-order valence-corrected chi connectivity index (χ1v) is 3.57. The van der Waals surface area contributed by atoms with E-state index in [1.165, 1.54) is 0 Å². The van der Waals surface area contributed by atoms with E-state index in [1.54, 1.807) is 0 Å². The van der Waals surface area contributed by atoms with E-state index in [1.807, 2.05) is 0 Å². The second kappa shape index (κ2) is 3.07. The van der Waals surface area contributed by atoms with Gasteiger partial charge in [0.05, 0.1) is 12.7 Å². The fourth-order valence-electron chi connectivity index (χ4n) is 0.707. The van der Waals surface area contributed by atoms with Crippen LogP contribution >= 0.6 is 0 Å². The highest BCUT2D eigenvalue weighted by Gasteiger charge is 2.19. The van der Waals surface area contributed by atoms with Gasteiger partial charge in [0.25, 0.3) is 0 Å². The van der Waals surface area contributed by atoms with Gasteiger partial charge >= 0.3 is 0 Å².